The molecule has 7 nitrogen and oxygen atoms in total. The predicted octanol–water partition coefficient (Wildman–Crippen LogP) is 1.25. The summed E-state index contributed by atoms with van der Waals surface area (Å²) in [4.78, 5) is 25.8. The van der Waals surface area contributed by atoms with Crippen LogP contribution in [0.2, 0.25) is 0 Å². The van der Waals surface area contributed by atoms with Gasteiger partial charge in [0.25, 0.3) is 5.91 Å². The molecule has 0 unspecified atom stereocenters. The van der Waals surface area contributed by atoms with E-state index in [4.69, 9.17) is 21.3 Å². The SMILES string of the molecule is NC(=O)c1ccccc1Oc1ncc(C(=O)O)cc1N. The molecule has 0 atom stereocenters. The Hall–Kier alpha value is -3.09. The number of aromatic nitrogens is 1. The Kier molecular flexibility index (Phi) is 3.52. The number of ether oxygens (including phenoxy) is 1. The summed E-state index contributed by atoms with van der Waals surface area (Å²) in [6.45, 7) is 0. The van der Waals surface area contributed by atoms with Crippen LogP contribution in [0.5, 0.6) is 11.6 Å². The van der Waals surface area contributed by atoms with E-state index in [1.54, 1.807) is 12.1 Å². The van der Waals surface area contributed by atoms with Crippen molar-refractivity contribution in [3.8, 4) is 11.6 Å². The van der Waals surface area contributed by atoms with E-state index >= 15 is 0 Å². The van der Waals surface area contributed by atoms with E-state index in [0.29, 0.717) is 0 Å². The zero-order valence-corrected chi connectivity index (χ0v) is 10.2. The van der Waals surface area contributed by atoms with Gasteiger partial charge in [-0.05, 0) is 18.2 Å². The fourth-order valence-corrected chi connectivity index (χ4v) is 1.53. The van der Waals surface area contributed by atoms with Crippen LogP contribution >= 0.6 is 0 Å². The number of benzene rings is 1. The number of nitrogens with two attached hydrogens (primary N) is 2. The summed E-state index contributed by atoms with van der Waals surface area (Å²) in [6.07, 6.45) is 1.11. The molecule has 2 aromatic rings. The highest BCUT2D eigenvalue weighted by Crippen LogP contribution is 2.28. The molecule has 7 heteroatoms. The van der Waals surface area contributed by atoms with Crippen molar-refractivity contribution in [3.05, 3.63) is 47.7 Å². The first-order valence-electron chi connectivity index (χ1n) is 5.54. The first-order chi connectivity index (χ1) is 9.49. The molecule has 0 aliphatic rings. The van der Waals surface area contributed by atoms with Gasteiger partial charge in [0.1, 0.15) is 5.75 Å². The molecular weight excluding hydrogens is 262 g/mol. The van der Waals surface area contributed by atoms with Crippen LogP contribution in [0.15, 0.2) is 36.5 Å². The molecule has 0 aliphatic carbocycles. The van der Waals surface area contributed by atoms with E-state index in [9.17, 15) is 9.59 Å². The minimum atomic E-state index is -1.15. The van der Waals surface area contributed by atoms with Gasteiger partial charge in [0, 0.05) is 6.20 Å². The smallest absolute Gasteiger partial charge is 0.337 e. The zero-order valence-electron chi connectivity index (χ0n) is 10.2. The number of carboxylic acids is 1. The Morgan fingerprint density at radius 1 is 1.25 bits per heavy atom. The second-order valence-electron chi connectivity index (χ2n) is 3.89. The van der Waals surface area contributed by atoms with Gasteiger partial charge in [-0.3, -0.25) is 4.79 Å². The van der Waals surface area contributed by atoms with Crippen LogP contribution in [0.1, 0.15) is 20.7 Å². The lowest BCUT2D eigenvalue weighted by molar-refractivity contribution is 0.0696. The molecule has 2 rings (SSSR count). The number of nitrogens with zero attached hydrogens (tertiary/aromatic N) is 1. The van der Waals surface area contributed by atoms with Crippen molar-refractivity contribution < 1.29 is 19.4 Å². The largest absolute Gasteiger partial charge is 0.478 e. The number of aromatic carboxylic acids is 1. The normalized spacial score (nSPS) is 10.0. The van der Waals surface area contributed by atoms with Gasteiger partial charge in [0.2, 0.25) is 5.88 Å². The van der Waals surface area contributed by atoms with E-state index in [0.717, 1.165) is 6.20 Å². The molecule has 1 amide bonds. The molecule has 0 radical (unpaired) electrons. The van der Waals surface area contributed by atoms with Crippen molar-refractivity contribution in [1.29, 1.82) is 0 Å². The Morgan fingerprint density at radius 3 is 2.55 bits per heavy atom. The monoisotopic (exact) mass is 273 g/mol. The second-order valence-corrected chi connectivity index (χ2v) is 3.89. The van der Waals surface area contributed by atoms with Crippen molar-refractivity contribution in [2.45, 2.75) is 0 Å². The third-order valence-corrected chi connectivity index (χ3v) is 2.48. The van der Waals surface area contributed by atoms with Crippen LogP contribution in [-0.2, 0) is 0 Å². The number of nitrogen functional groups attached to an aromatic ring is 1. The second kappa shape index (κ2) is 5.27. The fourth-order valence-electron chi connectivity index (χ4n) is 1.53. The summed E-state index contributed by atoms with van der Waals surface area (Å²) >= 11 is 0. The maximum atomic E-state index is 11.3. The summed E-state index contributed by atoms with van der Waals surface area (Å²) < 4.78 is 5.41. The van der Waals surface area contributed by atoms with Gasteiger partial charge in [-0.1, -0.05) is 12.1 Å². The van der Waals surface area contributed by atoms with Crippen LogP contribution in [0.4, 0.5) is 5.69 Å². The summed E-state index contributed by atoms with van der Waals surface area (Å²) in [7, 11) is 0. The standard InChI is InChI=1S/C13H11N3O4/c14-9-5-7(13(18)19)6-16-12(9)20-10-4-2-1-3-8(10)11(15)17/h1-6H,14H2,(H2,15,17)(H,18,19). The highest BCUT2D eigenvalue weighted by Gasteiger charge is 2.13. The number of hydrogen-bond donors (Lipinski definition) is 3. The molecule has 0 bridgehead atoms. The third kappa shape index (κ3) is 2.66. The molecular formula is C13H11N3O4. The van der Waals surface area contributed by atoms with Crippen LogP contribution in [-0.4, -0.2) is 22.0 Å². The molecule has 0 saturated heterocycles. The Labute approximate surface area is 113 Å². The van der Waals surface area contributed by atoms with Crippen molar-refractivity contribution in [3.63, 3.8) is 0 Å². The lowest BCUT2D eigenvalue weighted by Crippen LogP contribution is -2.12. The van der Waals surface area contributed by atoms with Crippen molar-refractivity contribution in [2.24, 2.45) is 5.73 Å². The summed E-state index contributed by atoms with van der Waals surface area (Å²) in [5.74, 6) is -1.60. The highest BCUT2D eigenvalue weighted by molar-refractivity contribution is 5.95. The molecule has 102 valence electrons. The molecule has 0 fully saturated rings. The summed E-state index contributed by atoms with van der Waals surface area (Å²) in [6, 6.07) is 7.55. The van der Waals surface area contributed by atoms with Gasteiger partial charge in [-0.15, -0.1) is 0 Å². The zero-order chi connectivity index (χ0) is 14.7. The number of carboxylic acid groups (broad SMARTS) is 1. The van der Waals surface area contributed by atoms with E-state index in [1.807, 2.05) is 0 Å². The summed E-state index contributed by atoms with van der Waals surface area (Å²) in [5, 5.41) is 8.81. The number of para-hydroxylation sites is 1. The number of rotatable bonds is 4. The minimum Gasteiger partial charge on any atom is -0.478 e. The minimum absolute atomic E-state index is 0.00343. The van der Waals surface area contributed by atoms with Crippen molar-refractivity contribution in [2.75, 3.05) is 5.73 Å². The molecule has 1 heterocycles. The number of hydrogen-bond acceptors (Lipinski definition) is 5. The maximum Gasteiger partial charge on any atom is 0.337 e. The van der Waals surface area contributed by atoms with E-state index in [1.165, 1.54) is 18.2 Å². The van der Waals surface area contributed by atoms with Crippen molar-refractivity contribution in [1.82, 2.24) is 4.98 Å². The number of anilines is 1. The highest BCUT2D eigenvalue weighted by atomic mass is 16.5. The van der Waals surface area contributed by atoms with Crippen LogP contribution in [0, 0.1) is 0 Å². The lowest BCUT2D eigenvalue weighted by Gasteiger charge is -2.10. The van der Waals surface area contributed by atoms with Crippen LogP contribution in [0.3, 0.4) is 0 Å². The number of carbonyl (C=O) groups is 2. The summed E-state index contributed by atoms with van der Waals surface area (Å²) in [5.41, 5.74) is 11.1. The van der Waals surface area contributed by atoms with Gasteiger partial charge in [-0.25, -0.2) is 9.78 Å². The number of primary amides is 1. The van der Waals surface area contributed by atoms with Crippen LogP contribution in [0.25, 0.3) is 0 Å². The topological polar surface area (TPSA) is 129 Å². The van der Waals surface area contributed by atoms with Gasteiger partial charge in [-0.2, -0.15) is 0 Å². The number of pyridine rings is 1. The molecule has 0 aliphatic heterocycles. The molecule has 0 saturated carbocycles. The molecule has 5 N–H and O–H groups in total. The van der Waals surface area contributed by atoms with E-state index < -0.39 is 11.9 Å². The average molecular weight is 273 g/mol. The Bertz CT molecular complexity index is 685. The van der Waals surface area contributed by atoms with Gasteiger partial charge in [0.05, 0.1) is 16.8 Å². The molecule has 0 spiro atoms. The average Bonchev–Trinajstić information content (AvgIpc) is 2.41. The first kappa shape index (κ1) is 13.3. The van der Waals surface area contributed by atoms with Gasteiger partial charge >= 0.3 is 5.97 Å². The van der Waals surface area contributed by atoms with Gasteiger partial charge < -0.3 is 21.3 Å². The van der Waals surface area contributed by atoms with E-state index in [-0.39, 0.29) is 28.4 Å². The number of amides is 1. The molecule has 1 aromatic heterocycles. The lowest BCUT2D eigenvalue weighted by atomic mass is 10.2. The fraction of sp³-hybridized carbons (Fsp3) is 0. The molecule has 20 heavy (non-hydrogen) atoms. The van der Waals surface area contributed by atoms with Gasteiger partial charge in [0.15, 0.2) is 0 Å². The third-order valence-electron chi connectivity index (χ3n) is 2.48. The first-order valence-corrected chi connectivity index (χ1v) is 5.54. The Morgan fingerprint density at radius 2 is 1.95 bits per heavy atom. The van der Waals surface area contributed by atoms with Crippen LogP contribution < -0.4 is 16.2 Å². The predicted molar refractivity (Wildman–Crippen MR) is 70.6 cm³/mol. The molecule has 1 aromatic carbocycles. The Balaban J connectivity index is 2.36. The number of carbonyl (C=O) groups excluding carboxylic acids is 1. The van der Waals surface area contributed by atoms with Crippen molar-refractivity contribution >= 4 is 17.6 Å². The van der Waals surface area contributed by atoms with E-state index in [2.05, 4.69) is 4.98 Å². The quantitative estimate of drug-likeness (QED) is 0.768. The maximum absolute atomic E-state index is 11.3.